The van der Waals surface area contributed by atoms with E-state index >= 15 is 0 Å². The first-order valence-electron chi connectivity index (χ1n) is 7.39. The molecule has 5 heteroatoms. The number of aromatic nitrogens is 3. The molecule has 4 aromatic rings. The summed E-state index contributed by atoms with van der Waals surface area (Å²) in [6.45, 7) is 1.90. The lowest BCUT2D eigenvalue weighted by Gasteiger charge is -2.08. The summed E-state index contributed by atoms with van der Waals surface area (Å²) in [4.78, 5) is 4.78. The number of imidazole rings is 1. The Hall–Kier alpha value is -2.53. The number of thioether (sulfide) groups is 1. The second-order valence-corrected chi connectivity index (χ2v) is 6.21. The van der Waals surface area contributed by atoms with Crippen LogP contribution in [0.5, 0.6) is 0 Å². The predicted octanol–water partition coefficient (Wildman–Crippen LogP) is 4.61. The molecule has 0 aliphatic carbocycles. The number of aryl methyl sites for hydroxylation is 1. The van der Waals surface area contributed by atoms with E-state index in [0.29, 0.717) is 0 Å². The third-order valence-electron chi connectivity index (χ3n) is 3.57. The van der Waals surface area contributed by atoms with Crippen molar-refractivity contribution in [2.75, 3.05) is 0 Å². The van der Waals surface area contributed by atoms with Gasteiger partial charge in [0.2, 0.25) is 0 Å². The van der Waals surface area contributed by atoms with E-state index in [9.17, 15) is 0 Å². The van der Waals surface area contributed by atoms with Gasteiger partial charge in [0.05, 0.1) is 16.7 Å². The van der Waals surface area contributed by atoms with Crippen LogP contribution in [0.15, 0.2) is 70.3 Å². The first-order chi connectivity index (χ1) is 11.3. The number of nitrogens with zero attached hydrogens (tertiary/aromatic N) is 3. The van der Waals surface area contributed by atoms with Gasteiger partial charge in [-0.05, 0) is 31.2 Å². The van der Waals surface area contributed by atoms with Crippen molar-refractivity contribution in [3.8, 4) is 5.69 Å². The summed E-state index contributed by atoms with van der Waals surface area (Å²) in [7, 11) is 0. The van der Waals surface area contributed by atoms with Crippen LogP contribution in [0, 0.1) is 6.92 Å². The maximum Gasteiger partial charge on any atom is 0.174 e. The third-order valence-corrected chi connectivity index (χ3v) is 4.54. The fourth-order valence-corrected chi connectivity index (χ4v) is 3.46. The molecular formula is C18H15N3OS. The first-order valence-corrected chi connectivity index (χ1v) is 8.38. The Morgan fingerprint density at radius 3 is 2.61 bits per heavy atom. The van der Waals surface area contributed by atoms with Crippen LogP contribution in [0.2, 0.25) is 0 Å². The van der Waals surface area contributed by atoms with Gasteiger partial charge >= 0.3 is 0 Å². The van der Waals surface area contributed by atoms with Crippen LogP contribution in [0.4, 0.5) is 0 Å². The average molecular weight is 321 g/mol. The number of rotatable bonds is 4. The van der Waals surface area contributed by atoms with Gasteiger partial charge in [-0.25, -0.2) is 4.98 Å². The number of fused-ring (bicyclic) bond motifs is 1. The van der Waals surface area contributed by atoms with Gasteiger partial charge in [-0.3, -0.25) is 4.57 Å². The van der Waals surface area contributed by atoms with Crippen LogP contribution in [0.3, 0.4) is 0 Å². The molecule has 0 saturated carbocycles. The fraction of sp³-hybridized carbons (Fsp3) is 0.111. The highest BCUT2D eigenvalue weighted by atomic mass is 32.2. The molecule has 0 amide bonds. The molecule has 4 rings (SSSR count). The summed E-state index contributed by atoms with van der Waals surface area (Å²) in [5, 5.41) is 5.01. The van der Waals surface area contributed by atoms with E-state index in [0.717, 1.165) is 39.1 Å². The van der Waals surface area contributed by atoms with Gasteiger partial charge in [-0.1, -0.05) is 47.3 Å². The number of hydrogen-bond acceptors (Lipinski definition) is 4. The van der Waals surface area contributed by atoms with Crippen LogP contribution >= 0.6 is 11.8 Å². The molecule has 2 aromatic heterocycles. The molecule has 114 valence electrons. The highest BCUT2D eigenvalue weighted by molar-refractivity contribution is 7.98. The second kappa shape index (κ2) is 5.93. The van der Waals surface area contributed by atoms with Crippen LogP contribution in [-0.4, -0.2) is 14.7 Å². The summed E-state index contributed by atoms with van der Waals surface area (Å²) in [6.07, 6.45) is 0. The van der Waals surface area contributed by atoms with Crippen molar-refractivity contribution in [3.05, 3.63) is 72.1 Å². The van der Waals surface area contributed by atoms with E-state index < -0.39 is 0 Å². The molecule has 0 atom stereocenters. The second-order valence-electron chi connectivity index (χ2n) is 5.27. The Morgan fingerprint density at radius 2 is 1.83 bits per heavy atom. The minimum atomic E-state index is 0.730. The first kappa shape index (κ1) is 14.1. The summed E-state index contributed by atoms with van der Waals surface area (Å²) < 4.78 is 7.32. The van der Waals surface area contributed by atoms with E-state index in [1.54, 1.807) is 11.8 Å². The van der Waals surface area contributed by atoms with Crippen molar-refractivity contribution in [3.63, 3.8) is 0 Å². The smallest absolute Gasteiger partial charge is 0.174 e. The van der Waals surface area contributed by atoms with Gasteiger partial charge < -0.3 is 4.52 Å². The zero-order valence-electron chi connectivity index (χ0n) is 12.6. The minimum absolute atomic E-state index is 0.730. The van der Waals surface area contributed by atoms with Crippen molar-refractivity contribution in [2.24, 2.45) is 0 Å². The van der Waals surface area contributed by atoms with Crippen molar-refractivity contribution >= 4 is 22.8 Å². The molecule has 0 aliphatic heterocycles. The molecular weight excluding hydrogens is 306 g/mol. The number of hydrogen-bond donors (Lipinski definition) is 0. The largest absolute Gasteiger partial charge is 0.361 e. The lowest BCUT2D eigenvalue weighted by Crippen LogP contribution is -1.96. The molecule has 0 radical (unpaired) electrons. The van der Waals surface area contributed by atoms with Crippen molar-refractivity contribution in [1.82, 2.24) is 14.7 Å². The number of para-hydroxylation sites is 3. The molecule has 2 aromatic carbocycles. The van der Waals surface area contributed by atoms with Gasteiger partial charge in [0.25, 0.3) is 0 Å². The normalized spacial score (nSPS) is 11.2. The quantitative estimate of drug-likeness (QED) is 0.515. The molecule has 0 aliphatic rings. The lowest BCUT2D eigenvalue weighted by molar-refractivity contribution is 0.393. The molecule has 2 heterocycles. The van der Waals surface area contributed by atoms with Crippen molar-refractivity contribution in [1.29, 1.82) is 0 Å². The lowest BCUT2D eigenvalue weighted by atomic mass is 10.3. The Bertz CT molecular complexity index is 943. The van der Waals surface area contributed by atoms with Crippen LogP contribution in [0.1, 0.15) is 11.5 Å². The topological polar surface area (TPSA) is 43.9 Å². The Balaban J connectivity index is 1.76. The predicted molar refractivity (Wildman–Crippen MR) is 91.9 cm³/mol. The third kappa shape index (κ3) is 2.75. The molecule has 0 unspecified atom stereocenters. The summed E-state index contributed by atoms with van der Waals surface area (Å²) in [5.74, 6) is 1.56. The zero-order chi connectivity index (χ0) is 15.6. The van der Waals surface area contributed by atoms with E-state index in [4.69, 9.17) is 9.51 Å². The van der Waals surface area contributed by atoms with Crippen LogP contribution < -0.4 is 0 Å². The van der Waals surface area contributed by atoms with Crippen molar-refractivity contribution in [2.45, 2.75) is 17.8 Å². The maximum absolute atomic E-state index is 5.14. The average Bonchev–Trinajstić information content (AvgIpc) is 3.16. The SMILES string of the molecule is Cc1cc(CSc2nc3ccccc3n2-c2ccccc2)no1. The van der Waals surface area contributed by atoms with Crippen molar-refractivity contribution < 1.29 is 4.52 Å². The molecule has 0 saturated heterocycles. The monoisotopic (exact) mass is 321 g/mol. The molecule has 0 spiro atoms. The van der Waals surface area contributed by atoms with E-state index in [1.165, 1.54) is 0 Å². The van der Waals surface area contributed by atoms with Gasteiger partial charge in [0, 0.05) is 17.5 Å². The van der Waals surface area contributed by atoms with Gasteiger partial charge in [0.1, 0.15) is 5.76 Å². The molecule has 0 bridgehead atoms. The van der Waals surface area contributed by atoms with Gasteiger partial charge in [-0.15, -0.1) is 0 Å². The van der Waals surface area contributed by atoms with Gasteiger partial charge in [-0.2, -0.15) is 0 Å². The Kier molecular flexibility index (Phi) is 3.63. The minimum Gasteiger partial charge on any atom is -0.361 e. The van der Waals surface area contributed by atoms with E-state index in [2.05, 4.69) is 27.9 Å². The fourth-order valence-electron chi connectivity index (χ4n) is 2.55. The summed E-state index contributed by atoms with van der Waals surface area (Å²) in [5.41, 5.74) is 4.15. The highest BCUT2D eigenvalue weighted by Gasteiger charge is 2.13. The van der Waals surface area contributed by atoms with E-state index in [-0.39, 0.29) is 0 Å². The van der Waals surface area contributed by atoms with Gasteiger partial charge in [0.15, 0.2) is 5.16 Å². The zero-order valence-corrected chi connectivity index (χ0v) is 13.5. The molecule has 0 N–H and O–H groups in total. The Labute approximate surface area is 138 Å². The standard InChI is InChI=1S/C18H15N3OS/c1-13-11-14(20-22-13)12-23-18-19-16-9-5-6-10-17(16)21(18)15-7-3-2-4-8-15/h2-11H,12H2,1H3. The van der Waals surface area contributed by atoms with E-state index in [1.807, 2.05) is 49.4 Å². The molecule has 4 nitrogen and oxygen atoms in total. The molecule has 0 fully saturated rings. The maximum atomic E-state index is 5.14. The summed E-state index contributed by atoms with van der Waals surface area (Å²) in [6, 6.07) is 20.4. The number of benzene rings is 2. The van der Waals surface area contributed by atoms with Crippen LogP contribution in [-0.2, 0) is 5.75 Å². The van der Waals surface area contributed by atoms with Crippen LogP contribution in [0.25, 0.3) is 16.7 Å². The Morgan fingerprint density at radius 1 is 1.04 bits per heavy atom. The molecule has 23 heavy (non-hydrogen) atoms. The summed E-state index contributed by atoms with van der Waals surface area (Å²) >= 11 is 1.66. The highest BCUT2D eigenvalue weighted by Crippen LogP contribution is 2.29.